The van der Waals surface area contributed by atoms with Crippen LogP contribution in [-0.4, -0.2) is 28.9 Å². The monoisotopic (exact) mass is 326 g/mol. The number of hydrogen-bond acceptors (Lipinski definition) is 5. The molecule has 0 spiro atoms. The Morgan fingerprint density at radius 1 is 1.38 bits per heavy atom. The Morgan fingerprint density at radius 2 is 2.08 bits per heavy atom. The van der Waals surface area contributed by atoms with Crippen LogP contribution in [-0.2, 0) is 16.6 Å². The van der Waals surface area contributed by atoms with Crippen molar-refractivity contribution in [3.63, 3.8) is 0 Å². The van der Waals surface area contributed by atoms with E-state index in [4.69, 9.17) is 10.00 Å². The number of nitrogens with zero attached hydrogens (tertiary/aromatic N) is 3. The van der Waals surface area contributed by atoms with Crippen LogP contribution < -0.4 is 5.32 Å². The standard InChI is InChI=1S/C18H22N4O2/c1-4-24-18(23)17(16-11-21-22(3)12-16)20-10-13(2)15-7-5-14(9-19)6-8-15/h5-8,11-13,17,20H,4,10H2,1-3H3. The molecule has 0 aliphatic rings. The van der Waals surface area contributed by atoms with E-state index in [1.54, 1.807) is 36.1 Å². The first-order valence-corrected chi connectivity index (χ1v) is 7.93. The van der Waals surface area contributed by atoms with Gasteiger partial charge in [-0.1, -0.05) is 19.1 Å². The summed E-state index contributed by atoms with van der Waals surface area (Å²) in [6, 6.07) is 9.05. The van der Waals surface area contributed by atoms with Crippen LogP contribution >= 0.6 is 0 Å². The lowest BCUT2D eigenvalue weighted by atomic mass is 9.99. The Hall–Kier alpha value is -2.65. The Kier molecular flexibility index (Phi) is 6.10. The second-order valence-corrected chi connectivity index (χ2v) is 5.68. The van der Waals surface area contributed by atoms with E-state index in [0.29, 0.717) is 18.7 Å². The Bertz CT molecular complexity index is 715. The molecule has 1 aromatic heterocycles. The van der Waals surface area contributed by atoms with Gasteiger partial charge in [0.05, 0.1) is 24.4 Å². The second-order valence-electron chi connectivity index (χ2n) is 5.68. The molecule has 0 fully saturated rings. The number of carbonyl (C=O) groups is 1. The van der Waals surface area contributed by atoms with Crippen molar-refractivity contribution in [2.24, 2.45) is 7.05 Å². The third-order valence-corrected chi connectivity index (χ3v) is 3.82. The van der Waals surface area contributed by atoms with Crippen molar-refractivity contribution in [2.45, 2.75) is 25.8 Å². The Labute approximate surface area is 142 Å². The number of hydrogen-bond donors (Lipinski definition) is 1. The average molecular weight is 326 g/mol. The fourth-order valence-corrected chi connectivity index (χ4v) is 2.45. The quantitative estimate of drug-likeness (QED) is 0.790. The van der Waals surface area contributed by atoms with Crippen LogP contribution in [0.1, 0.15) is 42.5 Å². The van der Waals surface area contributed by atoms with Crippen LogP contribution in [0.3, 0.4) is 0 Å². The lowest BCUT2D eigenvalue weighted by molar-refractivity contribution is -0.145. The Morgan fingerprint density at radius 3 is 2.62 bits per heavy atom. The SMILES string of the molecule is CCOC(=O)C(NCC(C)c1ccc(C#N)cc1)c1cnn(C)c1. The predicted octanol–water partition coefficient (Wildman–Crippen LogP) is 2.29. The molecule has 0 saturated carbocycles. The highest BCUT2D eigenvalue weighted by Crippen LogP contribution is 2.18. The van der Waals surface area contributed by atoms with Gasteiger partial charge in [0.1, 0.15) is 6.04 Å². The number of nitrogens with one attached hydrogen (secondary N) is 1. The number of ether oxygens (including phenoxy) is 1. The van der Waals surface area contributed by atoms with Crippen LogP contribution in [0.15, 0.2) is 36.7 Å². The molecule has 1 aromatic carbocycles. The molecule has 126 valence electrons. The summed E-state index contributed by atoms with van der Waals surface area (Å²) in [7, 11) is 1.81. The van der Waals surface area contributed by atoms with Crippen molar-refractivity contribution >= 4 is 5.97 Å². The molecule has 1 N–H and O–H groups in total. The van der Waals surface area contributed by atoms with Crippen molar-refractivity contribution in [1.82, 2.24) is 15.1 Å². The number of benzene rings is 1. The molecular formula is C18H22N4O2. The van der Waals surface area contributed by atoms with Gasteiger partial charge in [-0.15, -0.1) is 0 Å². The summed E-state index contributed by atoms with van der Waals surface area (Å²) in [5, 5.41) is 16.3. The number of nitriles is 1. The fraction of sp³-hybridized carbons (Fsp3) is 0.389. The number of esters is 1. The highest BCUT2D eigenvalue weighted by Gasteiger charge is 2.23. The lowest BCUT2D eigenvalue weighted by Gasteiger charge is -2.19. The molecule has 0 saturated heterocycles. The van der Waals surface area contributed by atoms with Crippen molar-refractivity contribution in [3.05, 3.63) is 53.3 Å². The molecule has 6 heteroatoms. The third kappa shape index (κ3) is 4.43. The summed E-state index contributed by atoms with van der Waals surface area (Å²) < 4.78 is 6.82. The van der Waals surface area contributed by atoms with E-state index in [-0.39, 0.29) is 11.9 Å². The topological polar surface area (TPSA) is 79.9 Å². The van der Waals surface area contributed by atoms with Crippen LogP contribution in [0.4, 0.5) is 0 Å². The minimum absolute atomic E-state index is 0.186. The molecule has 24 heavy (non-hydrogen) atoms. The predicted molar refractivity (Wildman–Crippen MR) is 90.2 cm³/mol. The van der Waals surface area contributed by atoms with Gasteiger partial charge >= 0.3 is 5.97 Å². The maximum atomic E-state index is 12.2. The summed E-state index contributed by atoms with van der Waals surface area (Å²) in [4.78, 5) is 12.2. The minimum Gasteiger partial charge on any atom is -0.465 e. The number of aromatic nitrogens is 2. The van der Waals surface area contributed by atoms with Gasteiger partial charge in [0.2, 0.25) is 0 Å². The first-order valence-electron chi connectivity index (χ1n) is 7.93. The average Bonchev–Trinajstić information content (AvgIpc) is 3.01. The van der Waals surface area contributed by atoms with Gasteiger partial charge in [0.25, 0.3) is 0 Å². The van der Waals surface area contributed by atoms with E-state index in [0.717, 1.165) is 11.1 Å². The molecule has 0 aliphatic carbocycles. The van der Waals surface area contributed by atoms with Crippen molar-refractivity contribution in [2.75, 3.05) is 13.2 Å². The molecule has 0 bridgehead atoms. The van der Waals surface area contributed by atoms with Gasteiger partial charge in [0, 0.05) is 25.4 Å². The van der Waals surface area contributed by atoms with Gasteiger partial charge in [-0.25, -0.2) is 4.79 Å². The van der Waals surface area contributed by atoms with Gasteiger partial charge in [-0.2, -0.15) is 10.4 Å². The molecule has 2 aromatic rings. The van der Waals surface area contributed by atoms with Gasteiger partial charge in [-0.3, -0.25) is 4.68 Å². The van der Waals surface area contributed by atoms with Crippen molar-refractivity contribution in [3.8, 4) is 6.07 Å². The van der Waals surface area contributed by atoms with E-state index in [9.17, 15) is 4.79 Å². The zero-order valence-corrected chi connectivity index (χ0v) is 14.2. The largest absolute Gasteiger partial charge is 0.465 e. The molecule has 2 unspecified atom stereocenters. The van der Waals surface area contributed by atoms with Gasteiger partial charge in [-0.05, 0) is 30.5 Å². The van der Waals surface area contributed by atoms with E-state index in [2.05, 4.69) is 23.4 Å². The zero-order chi connectivity index (χ0) is 17.5. The van der Waals surface area contributed by atoms with E-state index < -0.39 is 6.04 Å². The number of aryl methyl sites for hydroxylation is 1. The summed E-state index contributed by atoms with van der Waals surface area (Å²) >= 11 is 0. The molecule has 6 nitrogen and oxygen atoms in total. The molecular weight excluding hydrogens is 304 g/mol. The van der Waals surface area contributed by atoms with Crippen molar-refractivity contribution in [1.29, 1.82) is 5.26 Å². The highest BCUT2D eigenvalue weighted by atomic mass is 16.5. The molecule has 2 atom stereocenters. The summed E-state index contributed by atoms with van der Waals surface area (Å²) in [6.45, 7) is 4.80. The number of carbonyl (C=O) groups excluding carboxylic acids is 1. The van der Waals surface area contributed by atoms with Crippen LogP contribution in [0.2, 0.25) is 0 Å². The number of rotatable bonds is 7. The molecule has 2 rings (SSSR count). The van der Waals surface area contributed by atoms with E-state index in [1.807, 2.05) is 19.2 Å². The molecule has 0 amide bonds. The summed E-state index contributed by atoms with van der Waals surface area (Å²) in [6.07, 6.45) is 3.47. The third-order valence-electron chi connectivity index (χ3n) is 3.82. The van der Waals surface area contributed by atoms with Crippen LogP contribution in [0.5, 0.6) is 0 Å². The highest BCUT2D eigenvalue weighted by molar-refractivity contribution is 5.77. The fourth-order valence-electron chi connectivity index (χ4n) is 2.45. The first kappa shape index (κ1) is 17.7. The Balaban J connectivity index is 2.06. The van der Waals surface area contributed by atoms with E-state index >= 15 is 0 Å². The minimum atomic E-state index is -0.542. The molecule has 0 aliphatic heterocycles. The first-order chi connectivity index (χ1) is 11.5. The van der Waals surface area contributed by atoms with Crippen LogP contribution in [0.25, 0.3) is 0 Å². The lowest BCUT2D eigenvalue weighted by Crippen LogP contribution is -2.32. The maximum absolute atomic E-state index is 12.2. The second kappa shape index (κ2) is 8.27. The van der Waals surface area contributed by atoms with Gasteiger partial charge in [0.15, 0.2) is 0 Å². The zero-order valence-electron chi connectivity index (χ0n) is 14.2. The van der Waals surface area contributed by atoms with Crippen molar-refractivity contribution < 1.29 is 9.53 Å². The molecule has 0 radical (unpaired) electrons. The smallest absolute Gasteiger partial charge is 0.327 e. The van der Waals surface area contributed by atoms with E-state index in [1.165, 1.54) is 0 Å². The summed E-state index contributed by atoms with van der Waals surface area (Å²) in [5.74, 6) is -0.121. The van der Waals surface area contributed by atoms with Gasteiger partial charge < -0.3 is 10.1 Å². The summed E-state index contributed by atoms with van der Waals surface area (Å²) in [5.41, 5.74) is 2.52. The van der Waals surface area contributed by atoms with Crippen LogP contribution in [0, 0.1) is 11.3 Å². The maximum Gasteiger partial charge on any atom is 0.327 e. The normalized spacial score (nSPS) is 13.1. The molecule has 1 heterocycles.